The Bertz CT molecular complexity index is 1260. The zero-order chi connectivity index (χ0) is 27.2. The molecule has 0 radical (unpaired) electrons. The lowest BCUT2D eigenvalue weighted by Crippen LogP contribution is -2.41. The highest BCUT2D eigenvalue weighted by molar-refractivity contribution is 6.76. The number of hydrogen-bond acceptors (Lipinski definition) is 6. The predicted molar refractivity (Wildman–Crippen MR) is 141 cm³/mol. The normalized spacial score (nSPS) is 17.1. The first-order valence-electron chi connectivity index (χ1n) is 12.5. The van der Waals surface area contributed by atoms with Crippen LogP contribution < -0.4 is 5.46 Å². The quantitative estimate of drug-likeness (QED) is 0.301. The summed E-state index contributed by atoms with van der Waals surface area (Å²) in [5.41, 5.74) is 0.612. The van der Waals surface area contributed by atoms with Crippen LogP contribution in [0.3, 0.4) is 0 Å². The van der Waals surface area contributed by atoms with E-state index in [9.17, 15) is 0 Å². The molecule has 3 heterocycles. The van der Waals surface area contributed by atoms with Crippen LogP contribution in [0.2, 0.25) is 25.7 Å². The van der Waals surface area contributed by atoms with Gasteiger partial charge in [-0.05, 0) is 40.7 Å². The number of rotatable bonds is 9. The van der Waals surface area contributed by atoms with E-state index < -0.39 is 38.0 Å². The van der Waals surface area contributed by atoms with Crippen LogP contribution in [0.5, 0.6) is 0 Å². The van der Waals surface area contributed by atoms with Crippen molar-refractivity contribution in [3.63, 3.8) is 0 Å². The molecule has 0 unspecified atom stereocenters. The molecule has 37 heavy (non-hydrogen) atoms. The zero-order valence-electron chi connectivity index (χ0n) is 22.9. The van der Waals surface area contributed by atoms with E-state index in [1.54, 1.807) is 34.7 Å². The fraction of sp³-hybridized carbons (Fsp3) is 0.560. The summed E-state index contributed by atoms with van der Waals surface area (Å²) >= 11 is 0. The van der Waals surface area contributed by atoms with Crippen LogP contribution in [-0.4, -0.2) is 57.8 Å². The largest absolute Gasteiger partial charge is 0.497 e. The summed E-state index contributed by atoms with van der Waals surface area (Å²) in [6, 6.07) is 4.14. The lowest BCUT2D eigenvalue weighted by atomic mass is 9.78. The molecule has 8 nitrogen and oxygen atoms in total. The topological polar surface area (TPSA) is 76.2 Å². The van der Waals surface area contributed by atoms with Gasteiger partial charge >= 0.3 is 7.12 Å². The predicted octanol–water partition coefficient (Wildman–Crippen LogP) is 4.39. The lowest BCUT2D eigenvalue weighted by Gasteiger charge is -2.32. The fourth-order valence-electron chi connectivity index (χ4n) is 3.96. The lowest BCUT2D eigenvalue weighted by molar-refractivity contribution is 0.00578. The first-order valence-corrected chi connectivity index (χ1v) is 16.2. The molecule has 12 heteroatoms. The third-order valence-corrected chi connectivity index (χ3v) is 8.69. The molecule has 1 aliphatic heterocycles. The molecule has 3 aromatic rings. The first-order chi connectivity index (χ1) is 17.2. The Balaban J connectivity index is 1.46. The van der Waals surface area contributed by atoms with Crippen molar-refractivity contribution in [2.24, 2.45) is 0 Å². The highest BCUT2D eigenvalue weighted by Crippen LogP contribution is 2.37. The van der Waals surface area contributed by atoms with Gasteiger partial charge in [0, 0.05) is 37.5 Å². The van der Waals surface area contributed by atoms with Gasteiger partial charge in [-0.1, -0.05) is 37.0 Å². The smallest absolute Gasteiger partial charge is 0.399 e. The van der Waals surface area contributed by atoms with E-state index in [0.717, 1.165) is 6.04 Å². The summed E-state index contributed by atoms with van der Waals surface area (Å²) in [5.74, 6) is -1.95. The van der Waals surface area contributed by atoms with Gasteiger partial charge in [-0.2, -0.15) is 5.10 Å². The van der Waals surface area contributed by atoms with Gasteiger partial charge < -0.3 is 14.0 Å². The van der Waals surface area contributed by atoms with Crippen molar-refractivity contribution in [3.05, 3.63) is 47.5 Å². The SMILES string of the molecule is Cc1nn(Cc2cn(COCC[Si](C)(C)C)nn2)cc1-c1ccc(B2OC(C)(C)C(C)(C)O2)c(F)c1F. The minimum atomic E-state index is -1.15. The summed E-state index contributed by atoms with van der Waals surface area (Å²) in [6.07, 6.45) is 3.48. The Morgan fingerprint density at radius 1 is 0.973 bits per heavy atom. The van der Waals surface area contributed by atoms with Crippen molar-refractivity contribution in [1.29, 1.82) is 0 Å². The number of aromatic nitrogens is 5. The van der Waals surface area contributed by atoms with Crippen LogP contribution in [0.25, 0.3) is 11.1 Å². The van der Waals surface area contributed by atoms with E-state index >= 15 is 8.78 Å². The number of hydrogen-bond donors (Lipinski definition) is 0. The third kappa shape index (κ3) is 6.03. The summed E-state index contributed by atoms with van der Waals surface area (Å²) in [5, 5.41) is 12.8. The molecule has 1 aliphatic rings. The standard InChI is InChI=1S/C25H36BF2N5O3Si/c1-17-20(15-32(30-17)13-18-14-33(31-29-18)16-34-11-12-37(6,7)8)19-9-10-21(23(28)22(19)27)26-35-24(2,3)25(4,5)36-26/h9-10,14-15H,11-13,16H2,1-8H3. The average Bonchev–Trinajstić information content (AvgIpc) is 3.43. The van der Waals surface area contributed by atoms with Crippen LogP contribution in [0.1, 0.15) is 39.1 Å². The van der Waals surface area contributed by atoms with Crippen molar-refractivity contribution < 1.29 is 22.8 Å². The van der Waals surface area contributed by atoms with E-state index in [1.807, 2.05) is 27.7 Å². The summed E-state index contributed by atoms with van der Waals surface area (Å²) in [6.45, 7) is 17.5. The summed E-state index contributed by atoms with van der Waals surface area (Å²) in [4.78, 5) is 0. The zero-order valence-corrected chi connectivity index (χ0v) is 23.9. The van der Waals surface area contributed by atoms with Gasteiger partial charge in [0.25, 0.3) is 0 Å². The molecule has 0 saturated carbocycles. The fourth-order valence-corrected chi connectivity index (χ4v) is 4.72. The number of benzene rings is 1. The van der Waals surface area contributed by atoms with Gasteiger partial charge in [-0.3, -0.25) is 4.68 Å². The third-order valence-electron chi connectivity index (χ3n) is 6.99. The maximum absolute atomic E-state index is 15.3. The maximum atomic E-state index is 15.3. The van der Waals surface area contributed by atoms with Crippen LogP contribution in [0.4, 0.5) is 8.78 Å². The minimum absolute atomic E-state index is 0.0358. The van der Waals surface area contributed by atoms with Crippen LogP contribution >= 0.6 is 0 Å². The van der Waals surface area contributed by atoms with Crippen molar-refractivity contribution in [3.8, 4) is 11.1 Å². The van der Waals surface area contributed by atoms with Crippen LogP contribution in [0.15, 0.2) is 24.5 Å². The number of aryl methyl sites for hydroxylation is 1. The molecule has 0 amide bonds. The van der Waals surface area contributed by atoms with Crippen molar-refractivity contribution in [2.45, 2.75) is 84.8 Å². The Morgan fingerprint density at radius 2 is 1.65 bits per heavy atom. The first kappa shape index (κ1) is 27.6. The van der Waals surface area contributed by atoms with E-state index in [-0.39, 0.29) is 11.0 Å². The Hall–Kier alpha value is -2.41. The van der Waals surface area contributed by atoms with Gasteiger partial charge in [0.2, 0.25) is 0 Å². The molecule has 4 rings (SSSR count). The Morgan fingerprint density at radius 3 is 2.30 bits per heavy atom. The highest BCUT2D eigenvalue weighted by Gasteiger charge is 2.52. The molecule has 0 aliphatic carbocycles. The number of ether oxygens (including phenoxy) is 1. The second-order valence-electron chi connectivity index (χ2n) is 11.8. The molecule has 1 fully saturated rings. The monoisotopic (exact) mass is 531 g/mol. The van der Waals surface area contributed by atoms with Gasteiger partial charge in [-0.15, -0.1) is 5.10 Å². The summed E-state index contributed by atoms with van der Waals surface area (Å²) < 4.78 is 51.3. The molecule has 0 bridgehead atoms. The molecular weight excluding hydrogens is 495 g/mol. The summed E-state index contributed by atoms with van der Waals surface area (Å²) in [7, 11) is -2.13. The van der Waals surface area contributed by atoms with Gasteiger partial charge in [0.1, 0.15) is 12.4 Å². The second-order valence-corrected chi connectivity index (χ2v) is 17.5. The van der Waals surface area contributed by atoms with Gasteiger partial charge in [-0.25, -0.2) is 13.5 Å². The number of halogens is 2. The molecule has 1 aromatic carbocycles. The van der Waals surface area contributed by atoms with Crippen molar-refractivity contribution >= 4 is 20.7 Å². The second kappa shape index (κ2) is 10.0. The molecule has 0 atom stereocenters. The van der Waals surface area contributed by atoms with E-state index in [2.05, 4.69) is 35.1 Å². The maximum Gasteiger partial charge on any atom is 0.497 e. The van der Waals surface area contributed by atoms with Crippen molar-refractivity contribution in [1.82, 2.24) is 24.8 Å². The van der Waals surface area contributed by atoms with Gasteiger partial charge in [0.05, 0.1) is 29.6 Å². The molecule has 0 spiro atoms. The molecule has 1 saturated heterocycles. The average molecular weight is 531 g/mol. The van der Waals surface area contributed by atoms with E-state index in [1.165, 1.54) is 6.07 Å². The highest BCUT2D eigenvalue weighted by atomic mass is 28.3. The van der Waals surface area contributed by atoms with Crippen molar-refractivity contribution in [2.75, 3.05) is 6.61 Å². The van der Waals surface area contributed by atoms with Crippen LogP contribution in [-0.2, 0) is 27.3 Å². The van der Waals surface area contributed by atoms with Gasteiger partial charge in [0.15, 0.2) is 11.6 Å². The molecule has 2 aromatic heterocycles. The van der Waals surface area contributed by atoms with E-state index in [4.69, 9.17) is 14.0 Å². The molecular formula is C25H36BF2N5O3Si. The number of nitrogens with zero attached hydrogens (tertiary/aromatic N) is 5. The molecule has 0 N–H and O–H groups in total. The van der Waals surface area contributed by atoms with Crippen LogP contribution in [0, 0.1) is 18.6 Å². The molecule has 200 valence electrons. The Kier molecular flexibility index (Phi) is 7.50. The van der Waals surface area contributed by atoms with E-state index in [0.29, 0.717) is 36.8 Å². The Labute approximate surface area is 218 Å². The minimum Gasteiger partial charge on any atom is -0.399 e.